The van der Waals surface area contributed by atoms with Crippen LogP contribution in [-0.4, -0.2) is 5.11 Å². The molecule has 0 saturated carbocycles. The van der Waals surface area contributed by atoms with Crippen LogP contribution in [0.25, 0.3) is 0 Å². The molecule has 1 unspecified atom stereocenters. The van der Waals surface area contributed by atoms with E-state index in [9.17, 15) is 5.11 Å². The van der Waals surface area contributed by atoms with Crippen molar-refractivity contribution in [3.8, 4) is 0 Å². The summed E-state index contributed by atoms with van der Waals surface area (Å²) in [5.74, 6) is 0. The predicted octanol–water partition coefficient (Wildman–Crippen LogP) is 2.38. The van der Waals surface area contributed by atoms with E-state index in [0.717, 1.165) is 12.0 Å². The zero-order valence-electron chi connectivity index (χ0n) is 8.73. The standard InChI is InChI=1S/C12H16O/c1-7-5-8(2)11-10(9(7)3)6-12(11,4)13/h5,13H,6H2,1-4H3. The molecule has 13 heavy (non-hydrogen) atoms. The van der Waals surface area contributed by atoms with Crippen molar-refractivity contribution in [3.63, 3.8) is 0 Å². The Kier molecular flexibility index (Phi) is 1.59. The van der Waals surface area contributed by atoms with Crippen molar-refractivity contribution in [2.75, 3.05) is 0 Å². The van der Waals surface area contributed by atoms with Gasteiger partial charge in [0.15, 0.2) is 0 Å². The number of fused-ring (bicyclic) bond motifs is 1. The second-order valence-corrected chi connectivity index (χ2v) is 4.44. The zero-order chi connectivity index (χ0) is 9.80. The van der Waals surface area contributed by atoms with Crippen LogP contribution in [0, 0.1) is 20.8 Å². The predicted molar refractivity (Wildman–Crippen MR) is 53.9 cm³/mol. The normalized spacial score (nSPS) is 25.3. The lowest BCUT2D eigenvalue weighted by Crippen LogP contribution is -2.37. The Hall–Kier alpha value is -0.820. The van der Waals surface area contributed by atoms with E-state index in [1.807, 2.05) is 6.92 Å². The number of benzene rings is 1. The highest BCUT2D eigenvalue weighted by molar-refractivity contribution is 5.54. The second kappa shape index (κ2) is 2.36. The quantitative estimate of drug-likeness (QED) is 0.643. The lowest BCUT2D eigenvalue weighted by molar-refractivity contribution is 0.0317. The molecule has 0 bridgehead atoms. The molecule has 1 atom stereocenters. The second-order valence-electron chi connectivity index (χ2n) is 4.44. The Balaban J connectivity index is 2.69. The third-order valence-corrected chi connectivity index (χ3v) is 3.23. The zero-order valence-corrected chi connectivity index (χ0v) is 8.73. The molecular formula is C12H16O. The van der Waals surface area contributed by atoms with Crippen LogP contribution in [0.15, 0.2) is 6.07 Å². The number of hydrogen-bond donors (Lipinski definition) is 1. The third kappa shape index (κ3) is 1.03. The highest BCUT2D eigenvalue weighted by Crippen LogP contribution is 2.43. The van der Waals surface area contributed by atoms with E-state index in [-0.39, 0.29) is 0 Å². The Morgan fingerprint density at radius 2 is 1.85 bits per heavy atom. The average molecular weight is 176 g/mol. The molecule has 1 aliphatic rings. The summed E-state index contributed by atoms with van der Waals surface area (Å²) in [5, 5.41) is 9.96. The van der Waals surface area contributed by atoms with E-state index in [1.54, 1.807) is 0 Å². The largest absolute Gasteiger partial charge is 0.385 e. The summed E-state index contributed by atoms with van der Waals surface area (Å²) in [6, 6.07) is 2.17. The minimum atomic E-state index is -0.572. The molecule has 1 aromatic carbocycles. The van der Waals surface area contributed by atoms with Gasteiger partial charge < -0.3 is 5.11 Å². The van der Waals surface area contributed by atoms with Gasteiger partial charge >= 0.3 is 0 Å². The highest BCUT2D eigenvalue weighted by atomic mass is 16.3. The van der Waals surface area contributed by atoms with Crippen molar-refractivity contribution < 1.29 is 5.11 Å². The molecule has 0 spiro atoms. The fraction of sp³-hybridized carbons (Fsp3) is 0.500. The lowest BCUT2D eigenvalue weighted by atomic mass is 9.70. The average Bonchev–Trinajstić information content (AvgIpc) is 1.96. The highest BCUT2D eigenvalue weighted by Gasteiger charge is 2.38. The number of aliphatic hydroxyl groups is 1. The van der Waals surface area contributed by atoms with Crippen LogP contribution in [0.4, 0.5) is 0 Å². The van der Waals surface area contributed by atoms with E-state index < -0.39 is 5.60 Å². The molecule has 0 aromatic heterocycles. The van der Waals surface area contributed by atoms with Crippen LogP contribution >= 0.6 is 0 Å². The van der Waals surface area contributed by atoms with Gasteiger partial charge in [0, 0.05) is 6.42 Å². The molecule has 2 rings (SSSR count). The molecule has 1 N–H and O–H groups in total. The SMILES string of the molecule is Cc1cc(C)c2c(c1C)CC2(C)O. The Morgan fingerprint density at radius 1 is 1.23 bits per heavy atom. The van der Waals surface area contributed by atoms with Gasteiger partial charge in [0.25, 0.3) is 0 Å². The minimum absolute atomic E-state index is 0.572. The van der Waals surface area contributed by atoms with E-state index in [0.29, 0.717) is 0 Å². The molecule has 1 aromatic rings. The Bertz CT molecular complexity index is 375. The first-order chi connectivity index (χ1) is 5.93. The molecule has 0 heterocycles. The maximum absolute atomic E-state index is 9.96. The maximum atomic E-state index is 9.96. The van der Waals surface area contributed by atoms with Gasteiger partial charge in [-0.2, -0.15) is 0 Å². The van der Waals surface area contributed by atoms with Gasteiger partial charge in [0.05, 0.1) is 5.60 Å². The summed E-state index contributed by atoms with van der Waals surface area (Å²) >= 11 is 0. The molecule has 1 nitrogen and oxygen atoms in total. The smallest absolute Gasteiger partial charge is 0.0914 e. The van der Waals surface area contributed by atoms with Crippen molar-refractivity contribution in [1.82, 2.24) is 0 Å². The summed E-state index contributed by atoms with van der Waals surface area (Å²) in [6.07, 6.45) is 0.816. The summed E-state index contributed by atoms with van der Waals surface area (Å²) in [7, 11) is 0. The molecule has 1 heteroatoms. The molecule has 0 aliphatic heterocycles. The summed E-state index contributed by atoms with van der Waals surface area (Å²) in [4.78, 5) is 0. The molecule has 1 aliphatic carbocycles. The molecule has 0 saturated heterocycles. The van der Waals surface area contributed by atoms with Crippen molar-refractivity contribution in [1.29, 1.82) is 0 Å². The Morgan fingerprint density at radius 3 is 2.38 bits per heavy atom. The van der Waals surface area contributed by atoms with Crippen LogP contribution < -0.4 is 0 Å². The van der Waals surface area contributed by atoms with Gasteiger partial charge in [-0.3, -0.25) is 0 Å². The van der Waals surface area contributed by atoms with Gasteiger partial charge in [-0.15, -0.1) is 0 Å². The molecule has 0 fully saturated rings. The molecule has 70 valence electrons. The van der Waals surface area contributed by atoms with Crippen molar-refractivity contribution in [3.05, 3.63) is 33.9 Å². The van der Waals surface area contributed by atoms with Crippen molar-refractivity contribution in [2.45, 2.75) is 39.7 Å². The summed E-state index contributed by atoms with van der Waals surface area (Å²) in [6.45, 7) is 8.26. The van der Waals surface area contributed by atoms with Gasteiger partial charge in [-0.1, -0.05) is 6.07 Å². The summed E-state index contributed by atoms with van der Waals surface area (Å²) in [5.41, 5.74) is 5.88. The maximum Gasteiger partial charge on any atom is 0.0914 e. The third-order valence-electron chi connectivity index (χ3n) is 3.23. The van der Waals surface area contributed by atoms with Crippen LogP contribution in [0.2, 0.25) is 0 Å². The Labute approximate surface area is 79.4 Å². The van der Waals surface area contributed by atoms with E-state index >= 15 is 0 Å². The topological polar surface area (TPSA) is 20.2 Å². The number of rotatable bonds is 0. The molecule has 0 radical (unpaired) electrons. The fourth-order valence-electron chi connectivity index (χ4n) is 2.47. The van der Waals surface area contributed by atoms with Gasteiger partial charge in [0.1, 0.15) is 0 Å². The van der Waals surface area contributed by atoms with Crippen LogP contribution in [0.5, 0.6) is 0 Å². The van der Waals surface area contributed by atoms with Gasteiger partial charge in [0.2, 0.25) is 0 Å². The minimum Gasteiger partial charge on any atom is -0.385 e. The van der Waals surface area contributed by atoms with Gasteiger partial charge in [-0.05, 0) is 55.5 Å². The summed E-state index contributed by atoms with van der Waals surface area (Å²) < 4.78 is 0. The number of hydrogen-bond acceptors (Lipinski definition) is 1. The lowest BCUT2D eigenvalue weighted by Gasteiger charge is -2.39. The molecular weight excluding hydrogens is 160 g/mol. The first-order valence-corrected chi connectivity index (χ1v) is 4.76. The fourth-order valence-corrected chi connectivity index (χ4v) is 2.47. The first kappa shape index (κ1) is 8.76. The van der Waals surface area contributed by atoms with Crippen LogP contribution in [0.1, 0.15) is 34.7 Å². The van der Waals surface area contributed by atoms with Crippen LogP contribution in [0.3, 0.4) is 0 Å². The van der Waals surface area contributed by atoms with Crippen molar-refractivity contribution >= 4 is 0 Å². The first-order valence-electron chi connectivity index (χ1n) is 4.76. The number of aryl methyl sites for hydroxylation is 2. The van der Waals surface area contributed by atoms with E-state index in [2.05, 4.69) is 26.8 Å². The van der Waals surface area contributed by atoms with E-state index in [4.69, 9.17) is 0 Å². The van der Waals surface area contributed by atoms with Crippen LogP contribution in [-0.2, 0) is 12.0 Å². The molecule has 0 amide bonds. The van der Waals surface area contributed by atoms with Crippen molar-refractivity contribution in [2.24, 2.45) is 0 Å². The monoisotopic (exact) mass is 176 g/mol. The van der Waals surface area contributed by atoms with E-state index in [1.165, 1.54) is 22.3 Å². The van der Waals surface area contributed by atoms with Gasteiger partial charge in [-0.25, -0.2) is 0 Å².